The molecule has 2 aromatic heterocycles. The van der Waals surface area contributed by atoms with Crippen molar-refractivity contribution in [2.24, 2.45) is 9.98 Å². The van der Waals surface area contributed by atoms with Gasteiger partial charge in [-0.3, -0.25) is 14.7 Å². The molecule has 1 N–H and O–H groups in total. The monoisotopic (exact) mass is 567 g/mol. The Bertz CT molecular complexity index is 1460. The summed E-state index contributed by atoms with van der Waals surface area (Å²) in [6, 6.07) is 2.80. The summed E-state index contributed by atoms with van der Waals surface area (Å²) >= 11 is 0. The predicted octanol–water partition coefficient (Wildman–Crippen LogP) is 3.75. The summed E-state index contributed by atoms with van der Waals surface area (Å²) in [5.74, 6) is 1.27. The van der Waals surface area contributed by atoms with Gasteiger partial charge >= 0.3 is 0 Å². The first kappa shape index (κ1) is 29.3. The van der Waals surface area contributed by atoms with E-state index < -0.39 is 9.84 Å². The fraction of sp³-hybridized carbons (Fsp3) is 0.500. The molecule has 4 rings (SSSR count). The zero-order valence-corrected chi connectivity index (χ0v) is 24.7. The number of carbonyl (C=O) groups is 1. The number of hydrogen-bond acceptors (Lipinski definition) is 10. The van der Waals surface area contributed by atoms with Gasteiger partial charge in [0.2, 0.25) is 5.88 Å². The van der Waals surface area contributed by atoms with E-state index in [-0.39, 0.29) is 35.1 Å². The topological polar surface area (TPSA) is 139 Å². The van der Waals surface area contributed by atoms with Gasteiger partial charge < -0.3 is 10.1 Å². The fourth-order valence-electron chi connectivity index (χ4n) is 4.48. The fourth-order valence-corrected chi connectivity index (χ4v) is 5.27. The molecule has 1 saturated carbocycles. The molecule has 1 aliphatic carbocycles. The van der Waals surface area contributed by atoms with Crippen molar-refractivity contribution in [3.8, 4) is 5.88 Å². The second kappa shape index (κ2) is 12.2. The van der Waals surface area contributed by atoms with E-state index in [1.165, 1.54) is 18.6 Å². The molecule has 0 spiro atoms. The number of ether oxygens (including phenoxy) is 1. The highest BCUT2D eigenvalue weighted by atomic mass is 32.2. The van der Waals surface area contributed by atoms with Gasteiger partial charge in [0.15, 0.2) is 26.5 Å². The van der Waals surface area contributed by atoms with Gasteiger partial charge in [-0.25, -0.2) is 28.4 Å². The maximum atomic E-state index is 13.7. The van der Waals surface area contributed by atoms with Crippen LogP contribution in [-0.2, 0) is 21.2 Å². The first-order valence-electron chi connectivity index (χ1n) is 13.6. The van der Waals surface area contributed by atoms with E-state index in [9.17, 15) is 13.2 Å². The van der Waals surface area contributed by atoms with Crippen molar-refractivity contribution in [1.29, 1.82) is 0 Å². The van der Waals surface area contributed by atoms with E-state index in [4.69, 9.17) is 14.7 Å². The summed E-state index contributed by atoms with van der Waals surface area (Å²) in [6.45, 7) is 10.1. The standard InChI is InChI=1S/C28H37N7O4S/c1-7-13-35-26(33-18(5)22-24(20-10-11-20)31-16-32-27(22)39-6)23(17(3)4)34-25(28(35)36)30-15-19-9-12-21(29-14-19)40(37,38)8-2/h9,12,14,16,18,20H,7-8,10-11,13,15H2,1-6H3,(H,30,34)/b33-26+. The number of nitrogens with one attached hydrogen (secondary N) is 1. The van der Waals surface area contributed by atoms with E-state index >= 15 is 0 Å². The Balaban J connectivity index is 1.66. The van der Waals surface area contributed by atoms with Gasteiger partial charge in [-0.15, -0.1) is 0 Å². The minimum atomic E-state index is -3.39. The molecule has 1 fully saturated rings. The average molecular weight is 568 g/mol. The number of aromatic nitrogens is 3. The largest absolute Gasteiger partial charge is 0.481 e. The van der Waals surface area contributed by atoms with Crippen LogP contribution in [0.5, 0.6) is 5.88 Å². The highest BCUT2D eigenvalue weighted by Crippen LogP contribution is 2.44. The van der Waals surface area contributed by atoms with Crippen LogP contribution in [0.25, 0.3) is 0 Å². The molecule has 2 aromatic rings. The molecule has 0 saturated heterocycles. The Morgan fingerprint density at radius 2 is 1.95 bits per heavy atom. The predicted molar refractivity (Wildman–Crippen MR) is 153 cm³/mol. The molecule has 12 heteroatoms. The molecule has 1 atom stereocenters. The Hall–Kier alpha value is -3.67. The first-order chi connectivity index (χ1) is 19.1. The first-order valence-corrected chi connectivity index (χ1v) is 15.2. The maximum Gasteiger partial charge on any atom is 0.294 e. The van der Waals surface area contributed by atoms with Crippen LogP contribution in [0, 0.1) is 0 Å². The molecule has 0 aromatic carbocycles. The molecule has 214 valence electrons. The number of amidine groups is 2. The van der Waals surface area contributed by atoms with Crippen molar-refractivity contribution in [3.05, 3.63) is 52.7 Å². The zero-order valence-electron chi connectivity index (χ0n) is 23.9. The van der Waals surface area contributed by atoms with E-state index in [1.807, 2.05) is 27.7 Å². The Labute approximate surface area is 235 Å². The smallest absolute Gasteiger partial charge is 0.294 e. The van der Waals surface area contributed by atoms with Crippen LogP contribution in [0.3, 0.4) is 0 Å². The highest BCUT2D eigenvalue weighted by Gasteiger charge is 2.35. The third-order valence-corrected chi connectivity index (χ3v) is 8.42. The molecule has 0 radical (unpaired) electrons. The second-order valence-electron chi connectivity index (χ2n) is 10.1. The van der Waals surface area contributed by atoms with Crippen LogP contribution in [0.15, 0.2) is 50.9 Å². The molecule has 3 heterocycles. The molecular weight excluding hydrogens is 530 g/mol. The number of sulfone groups is 1. The SMILES string of the molecule is CCCN1C(=O)C(NCc2ccc(S(=O)(=O)CC)nc2)=NC(=C(C)C)/C1=N\C(C)c1c(OC)ncnc1C1CC1. The Kier molecular flexibility index (Phi) is 8.97. The molecule has 1 aliphatic heterocycles. The van der Waals surface area contributed by atoms with E-state index in [2.05, 4.69) is 20.3 Å². The normalized spacial score (nSPS) is 17.6. The number of pyridine rings is 1. The summed E-state index contributed by atoms with van der Waals surface area (Å²) in [5, 5.41) is 3.16. The van der Waals surface area contributed by atoms with Crippen LogP contribution < -0.4 is 10.1 Å². The van der Waals surface area contributed by atoms with Crippen LogP contribution in [0.2, 0.25) is 0 Å². The van der Waals surface area contributed by atoms with Crippen LogP contribution in [-0.4, -0.2) is 65.3 Å². The Morgan fingerprint density at radius 1 is 1.20 bits per heavy atom. The van der Waals surface area contributed by atoms with Crippen LogP contribution in [0.1, 0.15) is 82.7 Å². The van der Waals surface area contributed by atoms with Gasteiger partial charge in [0.1, 0.15) is 12.0 Å². The summed E-state index contributed by atoms with van der Waals surface area (Å²) in [6.07, 6.45) is 5.89. The van der Waals surface area contributed by atoms with Gasteiger partial charge in [-0.1, -0.05) is 19.9 Å². The zero-order chi connectivity index (χ0) is 29.0. The maximum absolute atomic E-state index is 13.7. The molecule has 1 unspecified atom stereocenters. The lowest BCUT2D eigenvalue weighted by molar-refractivity contribution is -0.121. The van der Waals surface area contributed by atoms with Gasteiger partial charge in [0, 0.05) is 25.2 Å². The number of rotatable bonds is 10. The Morgan fingerprint density at radius 3 is 2.52 bits per heavy atom. The number of allylic oxidation sites excluding steroid dienone is 1. The molecule has 2 aliphatic rings. The van der Waals surface area contributed by atoms with E-state index in [0.717, 1.165) is 41.7 Å². The second-order valence-corrected chi connectivity index (χ2v) is 12.3. The van der Waals surface area contributed by atoms with E-state index in [0.29, 0.717) is 29.9 Å². The van der Waals surface area contributed by atoms with Crippen molar-refractivity contribution >= 4 is 27.4 Å². The third kappa shape index (κ3) is 6.22. The summed E-state index contributed by atoms with van der Waals surface area (Å²) < 4.78 is 29.7. The van der Waals surface area contributed by atoms with Crippen molar-refractivity contribution in [1.82, 2.24) is 25.2 Å². The van der Waals surface area contributed by atoms with Crippen molar-refractivity contribution in [3.63, 3.8) is 0 Å². The van der Waals surface area contributed by atoms with Crippen molar-refractivity contribution < 1.29 is 17.9 Å². The minimum absolute atomic E-state index is 0.0177. The quantitative estimate of drug-likeness (QED) is 0.458. The summed E-state index contributed by atoms with van der Waals surface area (Å²) in [7, 11) is -1.80. The van der Waals surface area contributed by atoms with Gasteiger partial charge in [0.05, 0.1) is 30.2 Å². The van der Waals surface area contributed by atoms with E-state index in [1.54, 1.807) is 25.0 Å². The van der Waals surface area contributed by atoms with Crippen LogP contribution in [0.4, 0.5) is 0 Å². The molecule has 0 bridgehead atoms. The minimum Gasteiger partial charge on any atom is -0.481 e. The summed E-state index contributed by atoms with van der Waals surface area (Å²) in [4.78, 5) is 38.0. The molecule has 11 nitrogen and oxygen atoms in total. The number of nitrogens with zero attached hydrogens (tertiary/aromatic N) is 6. The van der Waals surface area contributed by atoms with Gasteiger partial charge in [0.25, 0.3) is 5.91 Å². The lowest BCUT2D eigenvalue weighted by Crippen LogP contribution is -2.50. The number of hydrogen-bond donors (Lipinski definition) is 1. The number of carbonyl (C=O) groups excluding carboxylic acids is 1. The van der Waals surface area contributed by atoms with Gasteiger partial charge in [-0.05, 0) is 57.2 Å². The number of amides is 1. The van der Waals surface area contributed by atoms with Crippen LogP contribution >= 0.6 is 0 Å². The molecule has 40 heavy (non-hydrogen) atoms. The average Bonchev–Trinajstić information content (AvgIpc) is 3.79. The van der Waals surface area contributed by atoms with Gasteiger partial charge in [-0.2, -0.15) is 0 Å². The lowest BCUT2D eigenvalue weighted by Gasteiger charge is -2.31. The lowest BCUT2D eigenvalue weighted by atomic mass is 10.0. The number of aliphatic imine (C=N–C) groups is 2. The highest BCUT2D eigenvalue weighted by molar-refractivity contribution is 7.91. The number of methoxy groups -OCH3 is 1. The summed E-state index contributed by atoms with van der Waals surface area (Å²) in [5.41, 5.74) is 4.04. The molecule has 1 amide bonds. The van der Waals surface area contributed by atoms with Crippen molar-refractivity contribution in [2.75, 3.05) is 19.4 Å². The third-order valence-electron chi connectivity index (χ3n) is 6.79. The molecular formula is C28H37N7O4S. The van der Waals surface area contributed by atoms with Crippen molar-refractivity contribution in [2.45, 2.75) is 77.4 Å².